The zero-order chi connectivity index (χ0) is 15.4. The second kappa shape index (κ2) is 12.5. The van der Waals surface area contributed by atoms with Crippen LogP contribution in [0.2, 0.25) is 0 Å². The number of nitrogens with two attached hydrogens (primary N) is 2. The zero-order valence-corrected chi connectivity index (χ0v) is 13.5. The Morgan fingerprint density at radius 3 is 2.35 bits per heavy atom. The minimum atomic E-state index is -0.541. The van der Waals surface area contributed by atoms with Gasteiger partial charge in [-0.2, -0.15) is 0 Å². The van der Waals surface area contributed by atoms with E-state index in [2.05, 4.69) is 5.32 Å². The van der Waals surface area contributed by atoms with Gasteiger partial charge in [-0.25, -0.2) is 0 Å². The van der Waals surface area contributed by atoms with Crippen molar-refractivity contribution in [1.29, 1.82) is 0 Å². The molecule has 0 fully saturated rings. The van der Waals surface area contributed by atoms with E-state index in [0.29, 0.717) is 30.9 Å². The highest BCUT2D eigenvalue weighted by atomic mass is 33.1. The van der Waals surface area contributed by atoms with Gasteiger partial charge in [0.05, 0.1) is 12.1 Å². The Morgan fingerprint density at radius 1 is 1.20 bits per heavy atom. The molecule has 0 aliphatic heterocycles. The number of rotatable bonds is 12. The Bertz CT molecular complexity index is 265. The molecule has 1 amide bonds. The Labute approximate surface area is 128 Å². The number of ketones is 1. The van der Waals surface area contributed by atoms with Crippen LogP contribution in [0, 0.1) is 0 Å². The molecule has 118 valence electrons. The van der Waals surface area contributed by atoms with E-state index in [1.54, 1.807) is 0 Å². The van der Waals surface area contributed by atoms with Gasteiger partial charge in [0.25, 0.3) is 0 Å². The van der Waals surface area contributed by atoms with Crippen molar-refractivity contribution in [2.24, 2.45) is 11.5 Å². The molecule has 0 bridgehead atoms. The first-order valence-electron chi connectivity index (χ1n) is 6.69. The summed E-state index contributed by atoms with van der Waals surface area (Å²) in [5.41, 5.74) is 11.5. The predicted octanol–water partition coefficient (Wildman–Crippen LogP) is -0.110. The summed E-state index contributed by atoms with van der Waals surface area (Å²) in [6, 6.07) is -1.07. The average molecular weight is 323 g/mol. The smallest absolute Gasteiger partial charge is 0.237 e. The first-order chi connectivity index (χ1) is 9.52. The van der Waals surface area contributed by atoms with Crippen molar-refractivity contribution in [1.82, 2.24) is 5.32 Å². The van der Waals surface area contributed by atoms with Crippen LogP contribution in [0.4, 0.5) is 0 Å². The molecular weight excluding hydrogens is 298 g/mol. The molecule has 0 aromatic rings. The maximum Gasteiger partial charge on any atom is 0.237 e. The van der Waals surface area contributed by atoms with E-state index in [4.69, 9.17) is 16.6 Å². The Morgan fingerprint density at radius 2 is 1.80 bits per heavy atom. The molecule has 0 aromatic carbocycles. The number of Topliss-reactive ketones (excluding diaryl/α,β-unsaturated/α-hetero) is 1. The van der Waals surface area contributed by atoms with Gasteiger partial charge in [-0.15, -0.1) is 0 Å². The first-order valence-corrected chi connectivity index (χ1v) is 9.18. The molecule has 0 heterocycles. The van der Waals surface area contributed by atoms with E-state index < -0.39 is 12.1 Å². The molecule has 8 heteroatoms. The van der Waals surface area contributed by atoms with E-state index in [9.17, 15) is 9.59 Å². The fourth-order valence-electron chi connectivity index (χ4n) is 1.23. The van der Waals surface area contributed by atoms with Gasteiger partial charge in [-0.05, 0) is 12.8 Å². The molecule has 20 heavy (non-hydrogen) atoms. The van der Waals surface area contributed by atoms with Crippen molar-refractivity contribution in [3.63, 3.8) is 0 Å². The van der Waals surface area contributed by atoms with Crippen LogP contribution in [0.1, 0.15) is 26.2 Å². The second-order valence-corrected chi connectivity index (χ2v) is 6.92. The van der Waals surface area contributed by atoms with Crippen molar-refractivity contribution < 1.29 is 14.7 Å². The Hall–Kier alpha value is -0.280. The number of nitrogens with one attached hydrogen (secondary N) is 1. The molecule has 0 saturated carbocycles. The predicted molar refractivity (Wildman–Crippen MR) is 85.5 cm³/mol. The maximum absolute atomic E-state index is 11.5. The quantitative estimate of drug-likeness (QED) is 0.292. The van der Waals surface area contributed by atoms with E-state index in [1.165, 1.54) is 21.6 Å². The van der Waals surface area contributed by atoms with Crippen LogP contribution in [0.25, 0.3) is 0 Å². The fraction of sp³-hybridized carbons (Fsp3) is 0.833. The molecular formula is C12H25N3O3S2. The lowest BCUT2D eigenvalue weighted by atomic mass is 10.1. The molecule has 0 radical (unpaired) electrons. The topological polar surface area (TPSA) is 118 Å². The fourth-order valence-corrected chi connectivity index (χ4v) is 3.51. The molecule has 6 N–H and O–H groups in total. The van der Waals surface area contributed by atoms with Crippen LogP contribution >= 0.6 is 21.6 Å². The van der Waals surface area contributed by atoms with E-state index in [1.807, 2.05) is 6.92 Å². The molecule has 0 aliphatic carbocycles. The van der Waals surface area contributed by atoms with E-state index in [-0.39, 0.29) is 18.3 Å². The lowest BCUT2D eigenvalue weighted by molar-refractivity contribution is -0.122. The minimum Gasteiger partial charge on any atom is -0.396 e. The highest BCUT2D eigenvalue weighted by Crippen LogP contribution is 2.22. The van der Waals surface area contributed by atoms with Crippen LogP contribution in [0.15, 0.2) is 0 Å². The summed E-state index contributed by atoms with van der Waals surface area (Å²) in [7, 11) is 2.88. The molecule has 0 saturated heterocycles. The maximum atomic E-state index is 11.5. The van der Waals surface area contributed by atoms with Gasteiger partial charge < -0.3 is 21.9 Å². The average Bonchev–Trinajstić information content (AvgIpc) is 2.45. The van der Waals surface area contributed by atoms with Gasteiger partial charge in [-0.3, -0.25) is 9.59 Å². The van der Waals surface area contributed by atoms with Crippen LogP contribution in [-0.4, -0.2) is 53.5 Å². The van der Waals surface area contributed by atoms with Gasteiger partial charge in [0, 0.05) is 31.1 Å². The molecule has 0 aromatic heterocycles. The van der Waals surface area contributed by atoms with Gasteiger partial charge in [-0.1, -0.05) is 28.5 Å². The van der Waals surface area contributed by atoms with Crippen molar-refractivity contribution in [3.8, 4) is 0 Å². The largest absolute Gasteiger partial charge is 0.396 e. The standard InChI is InChI=1S/C12H25N3O3S2/c1-2-5-15-12(18)10(14)8-20-19-7-9(13)11(17)4-3-6-16/h9-10,16H,2-8,13-14H2,1H3,(H,15,18)/t9-,10-/m0/s1. The monoisotopic (exact) mass is 323 g/mol. The zero-order valence-electron chi connectivity index (χ0n) is 11.8. The summed E-state index contributed by atoms with van der Waals surface area (Å²) in [5, 5.41) is 11.4. The number of amides is 1. The van der Waals surface area contributed by atoms with Gasteiger partial charge in [0.1, 0.15) is 5.78 Å². The van der Waals surface area contributed by atoms with E-state index >= 15 is 0 Å². The van der Waals surface area contributed by atoms with Crippen molar-refractivity contribution in [2.45, 2.75) is 38.3 Å². The van der Waals surface area contributed by atoms with Crippen LogP contribution in [-0.2, 0) is 9.59 Å². The van der Waals surface area contributed by atoms with Crippen molar-refractivity contribution in [2.75, 3.05) is 24.7 Å². The summed E-state index contributed by atoms with van der Waals surface area (Å²) in [5.74, 6) is 0.774. The summed E-state index contributed by atoms with van der Waals surface area (Å²) < 4.78 is 0. The first kappa shape index (κ1) is 19.7. The Balaban J connectivity index is 3.69. The van der Waals surface area contributed by atoms with Gasteiger partial charge in [0.15, 0.2) is 0 Å². The van der Waals surface area contributed by atoms with Crippen LogP contribution in [0.5, 0.6) is 0 Å². The molecule has 0 spiro atoms. The van der Waals surface area contributed by atoms with Gasteiger partial charge in [0.2, 0.25) is 5.91 Å². The lowest BCUT2D eigenvalue weighted by Crippen LogP contribution is -2.42. The number of hydrogen-bond donors (Lipinski definition) is 4. The van der Waals surface area contributed by atoms with Crippen molar-refractivity contribution in [3.05, 3.63) is 0 Å². The number of hydrogen-bond acceptors (Lipinski definition) is 7. The SMILES string of the molecule is CCCNC(=O)[C@@H](N)CSSC[C@H](N)C(=O)CCCO. The molecule has 0 rings (SSSR count). The van der Waals surface area contributed by atoms with Crippen LogP contribution in [0.3, 0.4) is 0 Å². The van der Waals surface area contributed by atoms with Gasteiger partial charge >= 0.3 is 0 Å². The number of carbonyl (C=O) groups is 2. The summed E-state index contributed by atoms with van der Waals surface area (Å²) in [6.07, 6.45) is 1.64. The molecule has 0 aliphatic rings. The third-order valence-corrected chi connectivity index (χ3v) is 4.93. The molecule has 6 nitrogen and oxygen atoms in total. The Kier molecular flexibility index (Phi) is 12.3. The highest BCUT2D eigenvalue weighted by molar-refractivity contribution is 8.76. The summed E-state index contributed by atoms with van der Waals surface area (Å²) in [4.78, 5) is 23.0. The van der Waals surface area contributed by atoms with E-state index in [0.717, 1.165) is 6.42 Å². The summed E-state index contributed by atoms with van der Waals surface area (Å²) >= 11 is 0. The van der Waals surface area contributed by atoms with Crippen molar-refractivity contribution >= 4 is 33.3 Å². The van der Waals surface area contributed by atoms with Crippen LogP contribution < -0.4 is 16.8 Å². The third-order valence-electron chi connectivity index (χ3n) is 2.46. The lowest BCUT2D eigenvalue weighted by Gasteiger charge is -2.12. The number of carbonyl (C=O) groups excluding carboxylic acids is 2. The summed E-state index contributed by atoms with van der Waals surface area (Å²) in [6.45, 7) is 2.61. The third kappa shape index (κ3) is 9.60. The normalized spacial score (nSPS) is 13.8. The minimum absolute atomic E-state index is 0.00206. The second-order valence-electron chi connectivity index (χ2n) is 4.37. The highest BCUT2D eigenvalue weighted by Gasteiger charge is 2.15. The molecule has 0 unspecified atom stereocenters. The number of aliphatic hydroxyl groups is 1. The molecule has 2 atom stereocenters. The number of aliphatic hydroxyl groups excluding tert-OH is 1.